The highest BCUT2D eigenvalue weighted by Gasteiger charge is 2.25. The highest BCUT2D eigenvalue weighted by Crippen LogP contribution is 2.40. The molecular weight excluding hydrogens is 314 g/mol. The largest absolute Gasteiger partial charge is 0.353 e. The molecule has 2 heterocycles. The molecule has 4 rings (SSSR count). The minimum atomic E-state index is 0.122. The van der Waals surface area contributed by atoms with Crippen molar-refractivity contribution in [3.8, 4) is 0 Å². The molecule has 0 radical (unpaired) electrons. The van der Waals surface area contributed by atoms with Gasteiger partial charge in [-0.05, 0) is 43.6 Å². The first-order chi connectivity index (χ1) is 10.7. The minimum Gasteiger partial charge on any atom is -0.353 e. The number of carbonyl (C=O) groups is 1. The number of carbonyl (C=O) groups excluding carboxylic acids is 1. The van der Waals surface area contributed by atoms with E-state index in [2.05, 4.69) is 22.2 Å². The summed E-state index contributed by atoms with van der Waals surface area (Å²) in [6.07, 6.45) is 7.40. The molecule has 4 nitrogen and oxygen atoms in total. The van der Waals surface area contributed by atoms with Gasteiger partial charge in [0.05, 0.1) is 5.75 Å². The van der Waals surface area contributed by atoms with Gasteiger partial charge in [0.2, 0.25) is 5.91 Å². The number of hydrogen-bond donors (Lipinski definition) is 1. The third-order valence-corrected chi connectivity index (χ3v) is 6.49. The van der Waals surface area contributed by atoms with Crippen molar-refractivity contribution in [2.24, 2.45) is 5.92 Å². The fourth-order valence-electron chi connectivity index (χ4n) is 2.99. The van der Waals surface area contributed by atoms with Gasteiger partial charge in [0.1, 0.15) is 16.2 Å². The standard InChI is InChI=1S/C16H19N3OS2/c1-9-2-5-11-12(6-9)22-16-14(11)15(17-8-18-16)21-7-13(20)19-10-3-4-10/h8-10H,2-7H2,1H3,(H,19,20)/t9-/m0/s1. The monoisotopic (exact) mass is 333 g/mol. The zero-order valence-electron chi connectivity index (χ0n) is 12.6. The fraction of sp³-hybridized carbons (Fsp3) is 0.562. The van der Waals surface area contributed by atoms with Crippen molar-refractivity contribution in [2.75, 3.05) is 5.75 Å². The molecule has 1 amide bonds. The molecule has 1 saturated carbocycles. The quantitative estimate of drug-likeness (QED) is 0.690. The molecule has 116 valence electrons. The maximum atomic E-state index is 11.9. The molecular formula is C16H19N3OS2. The summed E-state index contributed by atoms with van der Waals surface area (Å²) in [7, 11) is 0. The van der Waals surface area contributed by atoms with Gasteiger partial charge in [-0.15, -0.1) is 11.3 Å². The van der Waals surface area contributed by atoms with Gasteiger partial charge in [-0.3, -0.25) is 4.79 Å². The van der Waals surface area contributed by atoms with Crippen LogP contribution >= 0.6 is 23.1 Å². The van der Waals surface area contributed by atoms with E-state index >= 15 is 0 Å². The Hall–Kier alpha value is -1.14. The van der Waals surface area contributed by atoms with Crippen molar-refractivity contribution in [1.29, 1.82) is 0 Å². The Morgan fingerprint density at radius 2 is 2.27 bits per heavy atom. The van der Waals surface area contributed by atoms with Gasteiger partial charge in [-0.1, -0.05) is 18.7 Å². The zero-order valence-corrected chi connectivity index (χ0v) is 14.2. The van der Waals surface area contributed by atoms with E-state index in [0.29, 0.717) is 11.8 Å². The SMILES string of the molecule is C[C@H]1CCc2c(sc3ncnc(SCC(=O)NC4CC4)c23)C1. The van der Waals surface area contributed by atoms with Crippen molar-refractivity contribution < 1.29 is 4.79 Å². The number of nitrogens with zero attached hydrogens (tertiary/aromatic N) is 2. The van der Waals surface area contributed by atoms with Crippen LogP contribution in [0.15, 0.2) is 11.4 Å². The number of rotatable bonds is 4. The lowest BCUT2D eigenvalue weighted by molar-refractivity contribution is -0.118. The fourth-order valence-corrected chi connectivity index (χ4v) is 5.24. The minimum absolute atomic E-state index is 0.122. The van der Waals surface area contributed by atoms with Crippen LogP contribution in [-0.2, 0) is 17.6 Å². The van der Waals surface area contributed by atoms with Crippen LogP contribution in [-0.4, -0.2) is 27.7 Å². The van der Waals surface area contributed by atoms with Gasteiger partial charge in [-0.2, -0.15) is 0 Å². The predicted molar refractivity (Wildman–Crippen MR) is 90.5 cm³/mol. The smallest absolute Gasteiger partial charge is 0.230 e. The second kappa shape index (κ2) is 5.81. The second-order valence-electron chi connectivity index (χ2n) is 6.34. The molecule has 6 heteroatoms. The van der Waals surface area contributed by atoms with E-state index in [1.807, 2.05) is 11.3 Å². The van der Waals surface area contributed by atoms with Gasteiger partial charge in [0, 0.05) is 16.3 Å². The highest BCUT2D eigenvalue weighted by atomic mass is 32.2. The third kappa shape index (κ3) is 2.86. The molecule has 22 heavy (non-hydrogen) atoms. The summed E-state index contributed by atoms with van der Waals surface area (Å²) in [6, 6.07) is 0.425. The molecule has 0 saturated heterocycles. The summed E-state index contributed by atoms with van der Waals surface area (Å²) in [5.41, 5.74) is 1.43. The van der Waals surface area contributed by atoms with Crippen molar-refractivity contribution in [2.45, 2.75) is 50.1 Å². The van der Waals surface area contributed by atoms with E-state index in [1.165, 1.54) is 22.2 Å². The van der Waals surface area contributed by atoms with Crippen molar-refractivity contribution in [3.05, 3.63) is 16.8 Å². The first kappa shape index (κ1) is 14.5. The van der Waals surface area contributed by atoms with E-state index in [1.54, 1.807) is 18.1 Å². The molecule has 2 aromatic heterocycles. The van der Waals surface area contributed by atoms with Crippen LogP contribution in [0.4, 0.5) is 0 Å². The number of thioether (sulfide) groups is 1. The molecule has 0 unspecified atom stereocenters. The first-order valence-corrected chi connectivity index (χ1v) is 9.68. The normalized spacial score (nSPS) is 20.9. The number of aromatic nitrogens is 2. The molecule has 1 fully saturated rings. The Balaban J connectivity index is 1.58. The van der Waals surface area contributed by atoms with E-state index in [9.17, 15) is 4.79 Å². The van der Waals surface area contributed by atoms with Crippen molar-refractivity contribution in [3.63, 3.8) is 0 Å². The number of nitrogens with one attached hydrogen (secondary N) is 1. The van der Waals surface area contributed by atoms with Crippen LogP contribution in [0, 0.1) is 5.92 Å². The average molecular weight is 333 g/mol. The predicted octanol–water partition coefficient (Wildman–Crippen LogP) is 3.19. The van der Waals surface area contributed by atoms with Gasteiger partial charge in [-0.25, -0.2) is 9.97 Å². The molecule has 2 aliphatic carbocycles. The summed E-state index contributed by atoms with van der Waals surface area (Å²) in [4.78, 5) is 23.4. The number of hydrogen-bond acceptors (Lipinski definition) is 5. The summed E-state index contributed by atoms with van der Waals surface area (Å²) < 4.78 is 0. The van der Waals surface area contributed by atoms with Crippen LogP contribution in [0.1, 0.15) is 36.6 Å². The number of amides is 1. The Labute approximate surface area is 138 Å². The van der Waals surface area contributed by atoms with Crippen molar-refractivity contribution in [1.82, 2.24) is 15.3 Å². The Morgan fingerprint density at radius 3 is 3.09 bits per heavy atom. The van der Waals surface area contributed by atoms with Gasteiger partial charge >= 0.3 is 0 Å². The van der Waals surface area contributed by atoms with E-state index in [0.717, 1.165) is 41.5 Å². The van der Waals surface area contributed by atoms with Crippen molar-refractivity contribution >= 4 is 39.2 Å². The number of aryl methyl sites for hydroxylation is 1. The van der Waals surface area contributed by atoms with E-state index in [4.69, 9.17) is 0 Å². The molecule has 1 atom stereocenters. The Bertz CT molecular complexity index is 723. The molecule has 0 aromatic carbocycles. The lowest BCUT2D eigenvalue weighted by Gasteiger charge is -2.18. The van der Waals surface area contributed by atoms with Crippen LogP contribution in [0.3, 0.4) is 0 Å². The molecule has 0 bridgehead atoms. The summed E-state index contributed by atoms with van der Waals surface area (Å²) >= 11 is 3.36. The topological polar surface area (TPSA) is 54.9 Å². The summed E-state index contributed by atoms with van der Waals surface area (Å²) in [5.74, 6) is 1.33. The first-order valence-electron chi connectivity index (χ1n) is 7.88. The molecule has 0 aliphatic heterocycles. The van der Waals surface area contributed by atoms with Gasteiger partial charge < -0.3 is 5.32 Å². The maximum absolute atomic E-state index is 11.9. The van der Waals surface area contributed by atoms with Crippen LogP contribution in [0.2, 0.25) is 0 Å². The Morgan fingerprint density at radius 1 is 1.41 bits per heavy atom. The second-order valence-corrected chi connectivity index (χ2v) is 8.39. The number of thiophene rings is 1. The van der Waals surface area contributed by atoms with Crippen LogP contribution < -0.4 is 5.32 Å². The average Bonchev–Trinajstić information content (AvgIpc) is 3.23. The molecule has 1 N–H and O–H groups in total. The molecule has 0 spiro atoms. The molecule has 2 aromatic rings. The molecule has 2 aliphatic rings. The van der Waals surface area contributed by atoms with Gasteiger partial charge in [0.15, 0.2) is 0 Å². The van der Waals surface area contributed by atoms with E-state index in [-0.39, 0.29) is 5.91 Å². The van der Waals surface area contributed by atoms with E-state index < -0.39 is 0 Å². The van der Waals surface area contributed by atoms with Crippen LogP contribution in [0.25, 0.3) is 10.2 Å². The maximum Gasteiger partial charge on any atom is 0.230 e. The summed E-state index contributed by atoms with van der Waals surface area (Å²) in [6.45, 7) is 2.32. The Kier molecular flexibility index (Phi) is 3.82. The highest BCUT2D eigenvalue weighted by molar-refractivity contribution is 8.00. The lowest BCUT2D eigenvalue weighted by Crippen LogP contribution is -2.27. The zero-order chi connectivity index (χ0) is 15.1. The number of fused-ring (bicyclic) bond motifs is 3. The van der Waals surface area contributed by atoms with Gasteiger partial charge in [0.25, 0.3) is 0 Å². The third-order valence-electron chi connectivity index (χ3n) is 4.34. The van der Waals surface area contributed by atoms with Crippen LogP contribution in [0.5, 0.6) is 0 Å². The summed E-state index contributed by atoms with van der Waals surface area (Å²) in [5, 5.41) is 5.22. The lowest BCUT2D eigenvalue weighted by atomic mass is 9.89.